The van der Waals surface area contributed by atoms with Crippen molar-refractivity contribution < 1.29 is 14.3 Å². The summed E-state index contributed by atoms with van der Waals surface area (Å²) in [7, 11) is 0. The highest BCUT2D eigenvalue weighted by Crippen LogP contribution is 2.28. The van der Waals surface area contributed by atoms with Crippen LogP contribution in [0.3, 0.4) is 0 Å². The van der Waals surface area contributed by atoms with E-state index in [1.807, 2.05) is 11.8 Å². The van der Waals surface area contributed by atoms with Crippen LogP contribution in [0.2, 0.25) is 0 Å². The van der Waals surface area contributed by atoms with Crippen molar-refractivity contribution in [1.29, 1.82) is 0 Å². The van der Waals surface area contributed by atoms with Crippen LogP contribution in [0.15, 0.2) is 18.5 Å². The normalized spacial score (nSPS) is 24.7. The summed E-state index contributed by atoms with van der Waals surface area (Å²) in [4.78, 5) is 16.6. The molecule has 2 rings (SSSR count). The molecule has 0 bridgehead atoms. The van der Waals surface area contributed by atoms with E-state index >= 15 is 0 Å². The first kappa shape index (κ1) is 11.8. The average Bonchev–Trinajstić information content (AvgIpc) is 2.29. The highest BCUT2D eigenvalue weighted by molar-refractivity contribution is 5.71. The lowest BCUT2D eigenvalue weighted by Gasteiger charge is -2.36. The van der Waals surface area contributed by atoms with Crippen LogP contribution in [-0.2, 0) is 4.79 Å². The Labute approximate surface area is 99.1 Å². The molecule has 0 saturated carbocycles. The Morgan fingerprint density at radius 1 is 1.65 bits per heavy atom. The lowest BCUT2D eigenvalue weighted by atomic mass is 9.87. The molecule has 1 aliphatic rings. The summed E-state index contributed by atoms with van der Waals surface area (Å²) in [6.45, 7) is 3.03. The number of aliphatic carboxylic acids is 1. The smallest absolute Gasteiger partial charge is 0.306 e. The first-order valence-corrected chi connectivity index (χ1v) is 5.67. The third kappa shape index (κ3) is 2.38. The standard InChI is InChI=1S/C12H15FN2O2/c1-8-7-15(5-3-9(8)12(16)17)11-2-4-14-6-10(11)13/h2,4,6,8-9H,3,5,7H2,1H3,(H,16,17). The molecule has 1 aromatic rings. The average molecular weight is 238 g/mol. The Balaban J connectivity index is 2.12. The minimum atomic E-state index is -0.757. The molecular formula is C12H15FN2O2. The van der Waals surface area contributed by atoms with Gasteiger partial charge in [-0.2, -0.15) is 0 Å². The van der Waals surface area contributed by atoms with Crippen molar-refractivity contribution in [1.82, 2.24) is 4.98 Å². The minimum absolute atomic E-state index is 0.0221. The molecule has 0 amide bonds. The van der Waals surface area contributed by atoms with Crippen LogP contribution in [0, 0.1) is 17.7 Å². The Hall–Kier alpha value is -1.65. The van der Waals surface area contributed by atoms with Gasteiger partial charge >= 0.3 is 5.97 Å². The minimum Gasteiger partial charge on any atom is -0.481 e. The second-order valence-corrected chi connectivity index (χ2v) is 4.48. The molecule has 1 aromatic heterocycles. The number of pyridine rings is 1. The molecule has 2 unspecified atom stereocenters. The van der Waals surface area contributed by atoms with Crippen molar-refractivity contribution >= 4 is 11.7 Å². The lowest BCUT2D eigenvalue weighted by Crippen LogP contribution is -2.42. The van der Waals surface area contributed by atoms with Gasteiger partial charge in [-0.15, -0.1) is 0 Å². The largest absolute Gasteiger partial charge is 0.481 e. The summed E-state index contributed by atoms with van der Waals surface area (Å²) in [5, 5.41) is 9.02. The molecule has 2 heterocycles. The highest BCUT2D eigenvalue weighted by atomic mass is 19.1. The van der Waals surface area contributed by atoms with Crippen LogP contribution in [0.5, 0.6) is 0 Å². The zero-order valence-electron chi connectivity index (χ0n) is 9.64. The molecule has 0 aliphatic carbocycles. The number of carboxylic acids is 1. The van der Waals surface area contributed by atoms with E-state index in [9.17, 15) is 9.18 Å². The fourth-order valence-electron chi connectivity index (χ4n) is 2.36. The van der Waals surface area contributed by atoms with Gasteiger partial charge in [-0.25, -0.2) is 4.39 Å². The summed E-state index contributed by atoms with van der Waals surface area (Å²) >= 11 is 0. The Morgan fingerprint density at radius 2 is 2.41 bits per heavy atom. The number of anilines is 1. The van der Waals surface area contributed by atoms with Gasteiger partial charge in [0.25, 0.3) is 0 Å². The number of nitrogens with zero attached hydrogens (tertiary/aromatic N) is 2. The van der Waals surface area contributed by atoms with Crippen molar-refractivity contribution in [2.24, 2.45) is 11.8 Å². The van der Waals surface area contributed by atoms with E-state index in [4.69, 9.17) is 5.11 Å². The molecule has 5 heteroatoms. The van der Waals surface area contributed by atoms with E-state index in [0.29, 0.717) is 25.2 Å². The lowest BCUT2D eigenvalue weighted by molar-refractivity contribution is -0.144. The quantitative estimate of drug-likeness (QED) is 0.853. The van der Waals surface area contributed by atoms with Crippen LogP contribution in [0.4, 0.5) is 10.1 Å². The summed E-state index contributed by atoms with van der Waals surface area (Å²) in [6, 6.07) is 1.63. The number of carboxylic acid groups (broad SMARTS) is 1. The zero-order valence-corrected chi connectivity index (χ0v) is 9.64. The maximum absolute atomic E-state index is 13.5. The maximum atomic E-state index is 13.5. The van der Waals surface area contributed by atoms with E-state index in [1.165, 1.54) is 6.20 Å². The molecular weight excluding hydrogens is 223 g/mol. The van der Waals surface area contributed by atoms with Crippen molar-refractivity contribution in [3.63, 3.8) is 0 Å². The molecule has 92 valence electrons. The molecule has 0 aromatic carbocycles. The predicted molar refractivity (Wildman–Crippen MR) is 61.3 cm³/mol. The molecule has 0 spiro atoms. The van der Waals surface area contributed by atoms with Crippen LogP contribution < -0.4 is 4.90 Å². The molecule has 4 nitrogen and oxygen atoms in total. The molecule has 17 heavy (non-hydrogen) atoms. The summed E-state index contributed by atoms with van der Waals surface area (Å²) in [5.41, 5.74) is 0.510. The highest BCUT2D eigenvalue weighted by Gasteiger charge is 2.31. The summed E-state index contributed by atoms with van der Waals surface area (Å²) in [6.07, 6.45) is 3.29. The first-order valence-electron chi connectivity index (χ1n) is 5.67. The summed E-state index contributed by atoms with van der Waals surface area (Å²) in [5.74, 6) is -1.41. The van der Waals surface area contributed by atoms with Gasteiger partial charge in [0.2, 0.25) is 0 Å². The van der Waals surface area contributed by atoms with Crippen LogP contribution in [-0.4, -0.2) is 29.1 Å². The molecule has 1 saturated heterocycles. The van der Waals surface area contributed by atoms with Gasteiger partial charge in [0.1, 0.15) is 0 Å². The Bertz CT molecular complexity index is 425. The molecule has 0 radical (unpaired) electrons. The van der Waals surface area contributed by atoms with Crippen molar-refractivity contribution in [3.05, 3.63) is 24.3 Å². The van der Waals surface area contributed by atoms with Gasteiger partial charge in [0, 0.05) is 19.3 Å². The van der Waals surface area contributed by atoms with Crippen molar-refractivity contribution in [3.8, 4) is 0 Å². The number of hydrogen-bond donors (Lipinski definition) is 1. The molecule has 1 fully saturated rings. The Kier molecular flexibility index (Phi) is 3.26. The molecule has 1 N–H and O–H groups in total. The second kappa shape index (κ2) is 4.69. The van der Waals surface area contributed by atoms with Crippen molar-refractivity contribution in [2.45, 2.75) is 13.3 Å². The molecule has 2 atom stereocenters. The summed E-state index contributed by atoms with van der Waals surface area (Å²) < 4.78 is 13.5. The van der Waals surface area contributed by atoms with Crippen molar-refractivity contribution in [2.75, 3.05) is 18.0 Å². The first-order chi connectivity index (χ1) is 8.09. The Morgan fingerprint density at radius 3 is 3.00 bits per heavy atom. The van der Waals surface area contributed by atoms with E-state index < -0.39 is 5.97 Å². The number of carbonyl (C=O) groups is 1. The van der Waals surface area contributed by atoms with E-state index in [2.05, 4.69) is 4.98 Å². The number of aromatic nitrogens is 1. The zero-order chi connectivity index (χ0) is 12.4. The van der Waals surface area contributed by atoms with E-state index in [-0.39, 0.29) is 17.7 Å². The van der Waals surface area contributed by atoms with Crippen LogP contribution in [0.25, 0.3) is 0 Å². The van der Waals surface area contributed by atoms with Gasteiger partial charge in [-0.05, 0) is 18.4 Å². The monoisotopic (exact) mass is 238 g/mol. The van der Waals surface area contributed by atoms with Crippen LogP contribution >= 0.6 is 0 Å². The third-order valence-corrected chi connectivity index (χ3v) is 3.31. The SMILES string of the molecule is CC1CN(c2ccncc2F)CCC1C(=O)O. The number of rotatable bonds is 2. The number of halogens is 1. The fraction of sp³-hybridized carbons (Fsp3) is 0.500. The number of piperidine rings is 1. The third-order valence-electron chi connectivity index (χ3n) is 3.31. The topological polar surface area (TPSA) is 53.4 Å². The van der Waals surface area contributed by atoms with E-state index in [1.54, 1.807) is 12.3 Å². The molecule has 1 aliphatic heterocycles. The van der Waals surface area contributed by atoms with Gasteiger partial charge in [-0.1, -0.05) is 6.92 Å². The maximum Gasteiger partial charge on any atom is 0.306 e. The second-order valence-electron chi connectivity index (χ2n) is 4.48. The van der Waals surface area contributed by atoms with E-state index in [0.717, 1.165) is 0 Å². The van der Waals surface area contributed by atoms with Gasteiger partial charge < -0.3 is 10.0 Å². The van der Waals surface area contributed by atoms with Gasteiger partial charge in [0.05, 0.1) is 17.8 Å². The van der Waals surface area contributed by atoms with Crippen LogP contribution in [0.1, 0.15) is 13.3 Å². The number of hydrogen-bond acceptors (Lipinski definition) is 3. The van der Waals surface area contributed by atoms with Gasteiger partial charge in [0.15, 0.2) is 5.82 Å². The fourth-order valence-corrected chi connectivity index (χ4v) is 2.36. The predicted octanol–water partition coefficient (Wildman–Crippen LogP) is 1.77. The van der Waals surface area contributed by atoms with Gasteiger partial charge in [-0.3, -0.25) is 9.78 Å².